The number of anilines is 1. The number of alkyl halides is 1. The molecule has 0 bridgehead atoms. The number of aromatic nitrogens is 4. The van der Waals surface area contributed by atoms with E-state index in [0.29, 0.717) is 18.4 Å². The lowest BCUT2D eigenvalue weighted by molar-refractivity contribution is 0.612. The number of tetrazole rings is 1. The summed E-state index contributed by atoms with van der Waals surface area (Å²) in [5, 5.41) is 14.1. The second-order valence-corrected chi connectivity index (χ2v) is 3.83. The summed E-state index contributed by atoms with van der Waals surface area (Å²) in [4.78, 5) is 0. The molecule has 0 aromatic carbocycles. The van der Waals surface area contributed by atoms with Crippen molar-refractivity contribution in [1.29, 1.82) is 0 Å². The number of hydrogen-bond acceptors (Lipinski definition) is 4. The van der Waals surface area contributed by atoms with Crippen molar-refractivity contribution >= 4 is 17.5 Å². The highest BCUT2D eigenvalue weighted by Crippen LogP contribution is 2.09. The molecule has 0 saturated carbocycles. The van der Waals surface area contributed by atoms with Gasteiger partial charge in [-0.3, -0.25) is 0 Å². The molecule has 0 aliphatic rings. The van der Waals surface area contributed by atoms with Crippen LogP contribution in [0, 0.1) is 5.92 Å². The Balaban J connectivity index is 2.39. The van der Waals surface area contributed by atoms with Crippen LogP contribution in [-0.4, -0.2) is 32.1 Å². The second kappa shape index (κ2) is 4.41. The molecule has 1 heterocycles. The molecular weight excluding hydrogens is 190 g/mol. The van der Waals surface area contributed by atoms with Crippen molar-refractivity contribution < 1.29 is 0 Å². The predicted molar refractivity (Wildman–Crippen MR) is 51.8 cm³/mol. The molecule has 1 atom stereocenters. The smallest absolute Gasteiger partial charge is 0.242 e. The molecule has 0 amide bonds. The van der Waals surface area contributed by atoms with Gasteiger partial charge in [-0.2, -0.15) is 0 Å². The van der Waals surface area contributed by atoms with Gasteiger partial charge < -0.3 is 5.32 Å². The molecule has 6 heteroatoms. The Kier molecular flexibility index (Phi) is 3.48. The lowest BCUT2D eigenvalue weighted by atomic mass is 10.1. The van der Waals surface area contributed by atoms with Crippen molar-refractivity contribution in [3.63, 3.8) is 0 Å². The first kappa shape index (κ1) is 10.2. The van der Waals surface area contributed by atoms with E-state index >= 15 is 0 Å². The van der Waals surface area contributed by atoms with Gasteiger partial charge in [-0.15, -0.1) is 11.6 Å². The van der Waals surface area contributed by atoms with E-state index in [9.17, 15) is 0 Å². The summed E-state index contributed by atoms with van der Waals surface area (Å²) in [5.41, 5.74) is 0. The average Bonchev–Trinajstić information content (AvgIpc) is 2.47. The third kappa shape index (κ3) is 2.84. The number of nitrogens with one attached hydrogen (secondary N) is 1. The highest BCUT2D eigenvalue weighted by molar-refractivity contribution is 6.21. The zero-order valence-electron chi connectivity index (χ0n) is 8.03. The maximum absolute atomic E-state index is 6.04. The van der Waals surface area contributed by atoms with Gasteiger partial charge in [-0.05, 0) is 16.3 Å². The molecule has 1 aromatic heterocycles. The normalized spacial score (nSPS) is 13.3. The standard InChI is InChI=1S/C7H14ClN5/c1-5(2)6(8)4-9-7-10-11-12-13(7)3/h5-6H,4H2,1-3H3,(H,9,10,12). The molecular formula is C7H14ClN5. The molecule has 74 valence electrons. The Morgan fingerprint density at radius 1 is 1.54 bits per heavy atom. The Morgan fingerprint density at radius 3 is 2.69 bits per heavy atom. The fraction of sp³-hybridized carbons (Fsp3) is 0.857. The van der Waals surface area contributed by atoms with Gasteiger partial charge in [0.05, 0.1) is 5.38 Å². The van der Waals surface area contributed by atoms with Crippen molar-refractivity contribution in [3.8, 4) is 0 Å². The minimum Gasteiger partial charge on any atom is -0.352 e. The van der Waals surface area contributed by atoms with Crippen molar-refractivity contribution in [2.75, 3.05) is 11.9 Å². The summed E-state index contributed by atoms with van der Waals surface area (Å²) >= 11 is 6.04. The van der Waals surface area contributed by atoms with E-state index in [-0.39, 0.29) is 5.38 Å². The minimum absolute atomic E-state index is 0.0942. The fourth-order valence-corrected chi connectivity index (χ4v) is 0.881. The van der Waals surface area contributed by atoms with E-state index in [0.717, 1.165) is 0 Å². The molecule has 0 aliphatic heterocycles. The van der Waals surface area contributed by atoms with E-state index in [1.807, 2.05) is 0 Å². The Bertz CT molecular complexity index is 259. The van der Waals surface area contributed by atoms with Gasteiger partial charge in [0.25, 0.3) is 0 Å². The van der Waals surface area contributed by atoms with E-state index < -0.39 is 0 Å². The molecule has 1 N–H and O–H groups in total. The molecule has 1 unspecified atom stereocenters. The van der Waals surface area contributed by atoms with Crippen LogP contribution in [0.2, 0.25) is 0 Å². The van der Waals surface area contributed by atoms with E-state index in [1.54, 1.807) is 11.7 Å². The topological polar surface area (TPSA) is 55.6 Å². The lowest BCUT2D eigenvalue weighted by Crippen LogP contribution is -2.21. The van der Waals surface area contributed by atoms with Crippen LogP contribution in [-0.2, 0) is 7.05 Å². The first-order valence-corrected chi connectivity index (χ1v) is 4.65. The first-order valence-electron chi connectivity index (χ1n) is 4.21. The summed E-state index contributed by atoms with van der Waals surface area (Å²) < 4.78 is 1.57. The summed E-state index contributed by atoms with van der Waals surface area (Å²) in [7, 11) is 1.78. The molecule has 1 rings (SSSR count). The SMILES string of the molecule is CC(C)C(Cl)CNc1nnnn1C. The van der Waals surface area contributed by atoms with Crippen molar-refractivity contribution in [2.45, 2.75) is 19.2 Å². The third-order valence-electron chi connectivity index (χ3n) is 1.80. The van der Waals surface area contributed by atoms with Crippen LogP contribution in [0.5, 0.6) is 0 Å². The Morgan fingerprint density at radius 2 is 2.23 bits per heavy atom. The number of hydrogen-bond donors (Lipinski definition) is 1. The summed E-state index contributed by atoms with van der Waals surface area (Å²) in [5.74, 6) is 1.08. The van der Waals surface area contributed by atoms with Gasteiger partial charge in [0, 0.05) is 13.6 Å². The first-order chi connectivity index (χ1) is 6.11. The molecule has 13 heavy (non-hydrogen) atoms. The molecule has 0 aliphatic carbocycles. The quantitative estimate of drug-likeness (QED) is 0.739. The van der Waals surface area contributed by atoms with E-state index in [4.69, 9.17) is 11.6 Å². The molecule has 0 radical (unpaired) electrons. The third-order valence-corrected chi connectivity index (χ3v) is 2.46. The van der Waals surface area contributed by atoms with Crippen molar-refractivity contribution in [3.05, 3.63) is 0 Å². The van der Waals surface area contributed by atoms with Gasteiger partial charge in [-0.25, -0.2) is 4.68 Å². The lowest BCUT2D eigenvalue weighted by Gasteiger charge is -2.13. The molecule has 0 fully saturated rings. The number of nitrogens with zero attached hydrogens (tertiary/aromatic N) is 4. The van der Waals surface area contributed by atoms with Gasteiger partial charge in [-0.1, -0.05) is 18.9 Å². The maximum Gasteiger partial charge on any atom is 0.242 e. The van der Waals surface area contributed by atoms with Crippen LogP contribution in [0.4, 0.5) is 5.95 Å². The number of rotatable bonds is 4. The second-order valence-electron chi connectivity index (χ2n) is 3.27. The highest BCUT2D eigenvalue weighted by Gasteiger charge is 2.10. The largest absolute Gasteiger partial charge is 0.352 e. The molecule has 0 saturated heterocycles. The van der Waals surface area contributed by atoms with Gasteiger partial charge >= 0.3 is 0 Å². The summed E-state index contributed by atoms with van der Waals surface area (Å²) in [6.07, 6.45) is 0. The Hall–Kier alpha value is -0.840. The van der Waals surface area contributed by atoms with Crippen LogP contribution < -0.4 is 5.32 Å². The highest BCUT2D eigenvalue weighted by atomic mass is 35.5. The van der Waals surface area contributed by atoms with E-state index in [1.165, 1.54) is 0 Å². The predicted octanol–water partition coefficient (Wildman–Crippen LogP) is 0.885. The summed E-state index contributed by atoms with van der Waals surface area (Å²) in [6, 6.07) is 0. The molecule has 0 spiro atoms. The molecule has 1 aromatic rings. The van der Waals surface area contributed by atoms with Crippen LogP contribution in [0.25, 0.3) is 0 Å². The maximum atomic E-state index is 6.04. The summed E-state index contributed by atoms with van der Waals surface area (Å²) in [6.45, 7) is 4.83. The minimum atomic E-state index is 0.0942. The van der Waals surface area contributed by atoms with E-state index in [2.05, 4.69) is 34.7 Å². The zero-order valence-corrected chi connectivity index (χ0v) is 8.78. The van der Waals surface area contributed by atoms with Crippen LogP contribution >= 0.6 is 11.6 Å². The van der Waals surface area contributed by atoms with Gasteiger partial charge in [0.15, 0.2) is 0 Å². The molecule has 5 nitrogen and oxygen atoms in total. The fourth-order valence-electron chi connectivity index (χ4n) is 0.804. The Labute approximate surface area is 82.5 Å². The van der Waals surface area contributed by atoms with Crippen LogP contribution in [0.3, 0.4) is 0 Å². The zero-order chi connectivity index (χ0) is 9.84. The average molecular weight is 204 g/mol. The van der Waals surface area contributed by atoms with Crippen LogP contribution in [0.1, 0.15) is 13.8 Å². The van der Waals surface area contributed by atoms with Crippen molar-refractivity contribution in [2.24, 2.45) is 13.0 Å². The monoisotopic (exact) mass is 203 g/mol. The van der Waals surface area contributed by atoms with Gasteiger partial charge in [0.2, 0.25) is 5.95 Å². The number of halogens is 1. The van der Waals surface area contributed by atoms with Crippen LogP contribution in [0.15, 0.2) is 0 Å². The number of aryl methyl sites for hydroxylation is 1. The van der Waals surface area contributed by atoms with Gasteiger partial charge in [0.1, 0.15) is 0 Å². The van der Waals surface area contributed by atoms with Crippen molar-refractivity contribution in [1.82, 2.24) is 20.2 Å².